The summed E-state index contributed by atoms with van der Waals surface area (Å²) in [4.78, 5) is 28.0. The SMILES string of the molecule is CCOc1cccc(NC2=C(c3ccccc3)C(=O)N(CCc3ccc(OC)cc3)C2=O)c1. The molecule has 33 heavy (non-hydrogen) atoms. The van der Waals surface area contributed by atoms with E-state index < -0.39 is 0 Å². The van der Waals surface area contributed by atoms with Gasteiger partial charge in [0.2, 0.25) is 0 Å². The van der Waals surface area contributed by atoms with Crippen LogP contribution in [0.25, 0.3) is 5.57 Å². The highest BCUT2D eigenvalue weighted by Gasteiger charge is 2.38. The molecule has 1 heterocycles. The third-order valence-electron chi connectivity index (χ3n) is 5.43. The number of imide groups is 1. The number of amides is 2. The van der Waals surface area contributed by atoms with E-state index in [-0.39, 0.29) is 24.1 Å². The average Bonchev–Trinajstić information content (AvgIpc) is 3.07. The van der Waals surface area contributed by atoms with Crippen LogP contribution >= 0.6 is 0 Å². The fourth-order valence-corrected chi connectivity index (χ4v) is 3.78. The maximum absolute atomic E-state index is 13.4. The van der Waals surface area contributed by atoms with Gasteiger partial charge in [-0.25, -0.2) is 0 Å². The minimum absolute atomic E-state index is 0.273. The molecule has 0 saturated heterocycles. The van der Waals surface area contributed by atoms with Crippen molar-refractivity contribution in [1.29, 1.82) is 0 Å². The molecule has 0 aliphatic carbocycles. The number of anilines is 1. The van der Waals surface area contributed by atoms with E-state index in [9.17, 15) is 9.59 Å². The van der Waals surface area contributed by atoms with Gasteiger partial charge in [0, 0.05) is 18.3 Å². The minimum Gasteiger partial charge on any atom is -0.497 e. The lowest BCUT2D eigenvalue weighted by Crippen LogP contribution is -2.34. The highest BCUT2D eigenvalue weighted by Crippen LogP contribution is 2.31. The Kier molecular flexibility index (Phi) is 6.74. The maximum Gasteiger partial charge on any atom is 0.278 e. The normalized spacial score (nSPS) is 13.5. The Balaban J connectivity index is 1.61. The molecule has 0 spiro atoms. The summed E-state index contributed by atoms with van der Waals surface area (Å²) in [5, 5.41) is 3.18. The molecule has 0 aromatic heterocycles. The highest BCUT2D eigenvalue weighted by molar-refractivity contribution is 6.36. The number of rotatable bonds is 9. The smallest absolute Gasteiger partial charge is 0.278 e. The van der Waals surface area contributed by atoms with Crippen molar-refractivity contribution in [3.05, 3.63) is 95.7 Å². The number of methoxy groups -OCH3 is 1. The Hall–Kier alpha value is -4.06. The van der Waals surface area contributed by atoms with Crippen LogP contribution in [0.4, 0.5) is 5.69 Å². The van der Waals surface area contributed by atoms with Gasteiger partial charge in [0.15, 0.2) is 0 Å². The minimum atomic E-state index is -0.339. The van der Waals surface area contributed by atoms with Crippen LogP contribution in [0.15, 0.2) is 84.6 Å². The zero-order chi connectivity index (χ0) is 23.2. The zero-order valence-corrected chi connectivity index (χ0v) is 18.7. The number of nitrogens with zero attached hydrogens (tertiary/aromatic N) is 1. The molecule has 6 heteroatoms. The largest absolute Gasteiger partial charge is 0.497 e. The molecule has 2 amide bonds. The van der Waals surface area contributed by atoms with Crippen molar-refractivity contribution in [2.24, 2.45) is 0 Å². The fourth-order valence-electron chi connectivity index (χ4n) is 3.78. The molecule has 3 aromatic rings. The number of carbonyl (C=O) groups is 2. The van der Waals surface area contributed by atoms with Crippen LogP contribution in [-0.2, 0) is 16.0 Å². The van der Waals surface area contributed by atoms with E-state index in [1.807, 2.05) is 85.8 Å². The van der Waals surface area contributed by atoms with Crippen LogP contribution in [0.3, 0.4) is 0 Å². The Morgan fingerprint density at radius 1 is 0.848 bits per heavy atom. The monoisotopic (exact) mass is 442 g/mol. The van der Waals surface area contributed by atoms with Crippen LogP contribution in [-0.4, -0.2) is 37.0 Å². The van der Waals surface area contributed by atoms with Crippen molar-refractivity contribution in [1.82, 2.24) is 4.90 Å². The summed E-state index contributed by atoms with van der Waals surface area (Å²) in [6.07, 6.45) is 0.552. The van der Waals surface area contributed by atoms with Crippen molar-refractivity contribution in [3.63, 3.8) is 0 Å². The summed E-state index contributed by atoms with van der Waals surface area (Å²) >= 11 is 0. The number of hydrogen-bond acceptors (Lipinski definition) is 5. The van der Waals surface area contributed by atoms with Crippen LogP contribution < -0.4 is 14.8 Å². The second kappa shape index (κ2) is 10.0. The first-order valence-electron chi connectivity index (χ1n) is 10.9. The van der Waals surface area contributed by atoms with Crippen molar-refractivity contribution < 1.29 is 19.1 Å². The highest BCUT2D eigenvalue weighted by atomic mass is 16.5. The number of nitrogens with one attached hydrogen (secondary N) is 1. The topological polar surface area (TPSA) is 67.9 Å². The number of hydrogen-bond donors (Lipinski definition) is 1. The van der Waals surface area contributed by atoms with Gasteiger partial charge in [0.1, 0.15) is 17.2 Å². The Morgan fingerprint density at radius 3 is 2.30 bits per heavy atom. The summed E-state index contributed by atoms with van der Waals surface area (Å²) in [6.45, 7) is 2.73. The summed E-state index contributed by atoms with van der Waals surface area (Å²) < 4.78 is 10.8. The summed E-state index contributed by atoms with van der Waals surface area (Å²) in [5.74, 6) is 0.815. The lowest BCUT2D eigenvalue weighted by Gasteiger charge is -2.15. The summed E-state index contributed by atoms with van der Waals surface area (Å²) in [6, 6.07) is 24.2. The molecule has 4 rings (SSSR count). The van der Waals surface area contributed by atoms with Crippen molar-refractivity contribution >= 4 is 23.1 Å². The van der Waals surface area contributed by atoms with Gasteiger partial charge in [-0.05, 0) is 48.7 Å². The van der Waals surface area contributed by atoms with E-state index >= 15 is 0 Å². The number of benzene rings is 3. The van der Waals surface area contributed by atoms with Gasteiger partial charge in [0.25, 0.3) is 11.8 Å². The molecule has 168 valence electrons. The number of ether oxygens (including phenoxy) is 2. The first-order chi connectivity index (χ1) is 16.1. The second-order valence-electron chi connectivity index (χ2n) is 7.56. The fraction of sp³-hybridized carbons (Fsp3) is 0.185. The molecule has 0 radical (unpaired) electrons. The van der Waals surface area contributed by atoms with E-state index in [4.69, 9.17) is 9.47 Å². The van der Waals surface area contributed by atoms with Crippen LogP contribution in [0, 0.1) is 0 Å². The standard InChI is InChI=1S/C27H26N2O4/c1-3-33-23-11-7-10-21(18-23)28-25-24(20-8-5-4-6-9-20)26(30)29(27(25)31)17-16-19-12-14-22(32-2)15-13-19/h4-15,18,28H,3,16-17H2,1-2H3. The van der Waals surface area contributed by atoms with Gasteiger partial charge in [-0.1, -0.05) is 48.5 Å². The Bertz CT molecular complexity index is 1170. The van der Waals surface area contributed by atoms with Crippen molar-refractivity contribution in [2.75, 3.05) is 25.6 Å². The van der Waals surface area contributed by atoms with Gasteiger partial charge in [-0.3, -0.25) is 14.5 Å². The lowest BCUT2D eigenvalue weighted by atomic mass is 10.0. The molecule has 0 unspecified atom stereocenters. The zero-order valence-electron chi connectivity index (χ0n) is 18.7. The van der Waals surface area contributed by atoms with Crippen LogP contribution in [0.1, 0.15) is 18.1 Å². The second-order valence-corrected chi connectivity index (χ2v) is 7.56. The first-order valence-corrected chi connectivity index (χ1v) is 10.9. The summed E-state index contributed by atoms with van der Waals surface area (Å²) in [5.41, 5.74) is 3.05. The van der Waals surface area contributed by atoms with Gasteiger partial charge < -0.3 is 14.8 Å². The van der Waals surface area contributed by atoms with E-state index in [1.165, 1.54) is 4.90 Å². The molecule has 1 aliphatic rings. The van der Waals surface area contributed by atoms with Gasteiger partial charge in [-0.2, -0.15) is 0 Å². The molecule has 1 aliphatic heterocycles. The molecular weight excluding hydrogens is 416 g/mol. The molecule has 3 aromatic carbocycles. The molecule has 0 saturated carbocycles. The third-order valence-corrected chi connectivity index (χ3v) is 5.43. The quantitative estimate of drug-likeness (QED) is 0.493. The Morgan fingerprint density at radius 2 is 1.61 bits per heavy atom. The van der Waals surface area contributed by atoms with Crippen molar-refractivity contribution in [3.8, 4) is 11.5 Å². The molecule has 1 N–H and O–H groups in total. The molecule has 0 fully saturated rings. The molecule has 0 bridgehead atoms. The molecule has 0 atom stereocenters. The summed E-state index contributed by atoms with van der Waals surface area (Å²) in [7, 11) is 1.62. The van der Waals surface area contributed by atoms with E-state index in [1.54, 1.807) is 7.11 Å². The number of carbonyl (C=O) groups excluding carboxylic acids is 2. The van der Waals surface area contributed by atoms with Gasteiger partial charge in [0.05, 0.1) is 19.3 Å². The molecular formula is C27H26N2O4. The van der Waals surface area contributed by atoms with Crippen LogP contribution in [0.5, 0.6) is 11.5 Å². The van der Waals surface area contributed by atoms with Gasteiger partial charge in [-0.15, -0.1) is 0 Å². The van der Waals surface area contributed by atoms with Gasteiger partial charge >= 0.3 is 0 Å². The lowest BCUT2D eigenvalue weighted by molar-refractivity contribution is -0.136. The van der Waals surface area contributed by atoms with Crippen LogP contribution in [0.2, 0.25) is 0 Å². The first kappa shape index (κ1) is 22.1. The van der Waals surface area contributed by atoms with Crippen molar-refractivity contribution in [2.45, 2.75) is 13.3 Å². The third kappa shape index (κ3) is 4.90. The average molecular weight is 443 g/mol. The maximum atomic E-state index is 13.4. The van der Waals surface area contributed by atoms with E-state index in [2.05, 4.69) is 5.32 Å². The van der Waals surface area contributed by atoms with E-state index in [0.29, 0.717) is 35.6 Å². The molecule has 6 nitrogen and oxygen atoms in total. The predicted molar refractivity (Wildman–Crippen MR) is 128 cm³/mol. The Labute approximate surface area is 193 Å². The predicted octanol–water partition coefficient (Wildman–Crippen LogP) is 4.53. The van der Waals surface area contributed by atoms with E-state index in [0.717, 1.165) is 11.3 Å².